The maximum Gasteiger partial charge on any atom is 0.160 e. The van der Waals surface area contributed by atoms with E-state index >= 15 is 0 Å². The monoisotopic (exact) mass is 641 g/mol. The third-order valence-electron chi connectivity index (χ3n) is 10.1. The van der Waals surface area contributed by atoms with Crippen molar-refractivity contribution in [2.24, 2.45) is 0 Å². The highest BCUT2D eigenvalue weighted by Crippen LogP contribution is 2.50. The molecule has 7 aromatic carbocycles. The summed E-state index contributed by atoms with van der Waals surface area (Å²) in [5, 5.41) is 1.04. The van der Waals surface area contributed by atoms with E-state index in [1.165, 1.54) is 33.4 Å². The Morgan fingerprint density at radius 1 is 0.420 bits per heavy atom. The number of para-hydroxylation sites is 1. The van der Waals surface area contributed by atoms with Gasteiger partial charge in [0.15, 0.2) is 5.82 Å². The summed E-state index contributed by atoms with van der Waals surface area (Å²) in [6, 6.07) is 62.5. The molecule has 0 amide bonds. The number of hydrogen-bond donors (Lipinski definition) is 0. The molecule has 0 aliphatic heterocycles. The fourth-order valence-electron chi connectivity index (χ4n) is 7.52. The first-order valence-electron chi connectivity index (χ1n) is 17.2. The number of rotatable bonds is 6. The van der Waals surface area contributed by atoms with Gasteiger partial charge in [-0.15, -0.1) is 0 Å². The topological polar surface area (TPSA) is 29.0 Å². The average molecular weight is 642 g/mol. The zero-order chi connectivity index (χ0) is 33.7. The van der Waals surface area contributed by atoms with Crippen LogP contribution in [0.2, 0.25) is 0 Å². The average Bonchev–Trinajstić information content (AvgIpc) is 3.41. The molecule has 0 atom stereocenters. The van der Waals surface area contributed by atoms with Crippen LogP contribution in [0.3, 0.4) is 0 Å². The number of hydrogen-bond acceptors (Lipinski definition) is 3. The van der Waals surface area contributed by atoms with E-state index in [0.29, 0.717) is 5.82 Å². The van der Waals surface area contributed by atoms with Crippen LogP contribution in [-0.4, -0.2) is 9.97 Å². The van der Waals surface area contributed by atoms with Gasteiger partial charge in [0.25, 0.3) is 0 Å². The van der Waals surface area contributed by atoms with Crippen LogP contribution in [0, 0.1) is 0 Å². The molecule has 0 radical (unpaired) electrons. The minimum Gasteiger partial charge on any atom is -0.310 e. The SMILES string of the molecule is CC1(C)c2ccccc2-c2ccc(N(c3ccc(-c4ccccc4)cc3)c3cccc(-c4nc(-c5ccccc5)c5ccccc5n4)c3)cc21. The molecular formula is C47H35N3. The summed E-state index contributed by atoms with van der Waals surface area (Å²) in [6.07, 6.45) is 0. The van der Waals surface area contributed by atoms with Crippen LogP contribution >= 0.6 is 0 Å². The van der Waals surface area contributed by atoms with Crippen LogP contribution in [0.15, 0.2) is 176 Å². The van der Waals surface area contributed by atoms with Gasteiger partial charge in [0, 0.05) is 39.0 Å². The van der Waals surface area contributed by atoms with Gasteiger partial charge in [-0.05, 0) is 75.8 Å². The van der Waals surface area contributed by atoms with Crippen molar-refractivity contribution in [1.29, 1.82) is 0 Å². The quantitative estimate of drug-likeness (QED) is 0.181. The van der Waals surface area contributed by atoms with E-state index in [4.69, 9.17) is 9.97 Å². The van der Waals surface area contributed by atoms with Gasteiger partial charge in [-0.3, -0.25) is 0 Å². The number of benzene rings is 7. The lowest BCUT2D eigenvalue weighted by atomic mass is 9.82. The molecule has 0 saturated heterocycles. The van der Waals surface area contributed by atoms with E-state index < -0.39 is 0 Å². The van der Waals surface area contributed by atoms with Crippen molar-refractivity contribution in [2.75, 3.05) is 4.90 Å². The van der Waals surface area contributed by atoms with Gasteiger partial charge in [-0.25, -0.2) is 9.97 Å². The van der Waals surface area contributed by atoms with Crippen LogP contribution in [0.4, 0.5) is 17.1 Å². The van der Waals surface area contributed by atoms with Crippen molar-refractivity contribution in [1.82, 2.24) is 9.97 Å². The maximum absolute atomic E-state index is 5.19. The fourth-order valence-corrected chi connectivity index (χ4v) is 7.52. The van der Waals surface area contributed by atoms with Crippen LogP contribution in [0.5, 0.6) is 0 Å². The Kier molecular flexibility index (Phi) is 7.14. The van der Waals surface area contributed by atoms with E-state index in [-0.39, 0.29) is 5.41 Å². The standard InChI is InChI=1S/C47H35N3/c1-47(2)42-22-11-9-20-39(42)40-29-28-38(31-43(40)47)50(36-26-24-33(25-27-36)32-14-5-3-6-15-32)37-19-13-18-35(30-37)46-48-44-23-12-10-21-41(44)45(49-46)34-16-7-4-8-17-34/h3-31H,1-2H3. The molecule has 8 aromatic rings. The van der Waals surface area contributed by atoms with Crippen molar-refractivity contribution in [3.05, 3.63) is 187 Å². The highest BCUT2D eigenvalue weighted by atomic mass is 15.1. The Bertz CT molecular complexity index is 2500. The third-order valence-corrected chi connectivity index (χ3v) is 10.1. The molecule has 1 aromatic heterocycles. The number of anilines is 3. The van der Waals surface area contributed by atoms with Crippen molar-refractivity contribution in [3.8, 4) is 44.9 Å². The molecular weight excluding hydrogens is 607 g/mol. The van der Waals surface area contributed by atoms with E-state index in [2.05, 4.69) is 183 Å². The molecule has 1 heterocycles. The summed E-state index contributed by atoms with van der Waals surface area (Å²) in [5.74, 6) is 0.703. The Hall–Kier alpha value is -6.32. The molecule has 238 valence electrons. The molecule has 1 aliphatic rings. The molecule has 1 aliphatic carbocycles. The Morgan fingerprint density at radius 2 is 1.02 bits per heavy atom. The smallest absolute Gasteiger partial charge is 0.160 e. The zero-order valence-corrected chi connectivity index (χ0v) is 28.1. The first-order valence-corrected chi connectivity index (χ1v) is 17.2. The summed E-state index contributed by atoms with van der Waals surface area (Å²) in [6.45, 7) is 4.67. The molecule has 0 spiro atoms. The summed E-state index contributed by atoms with van der Waals surface area (Å²) in [5.41, 5.74) is 14.7. The van der Waals surface area contributed by atoms with Gasteiger partial charge in [-0.2, -0.15) is 0 Å². The summed E-state index contributed by atoms with van der Waals surface area (Å²) in [4.78, 5) is 12.6. The minimum absolute atomic E-state index is 0.112. The highest BCUT2D eigenvalue weighted by Gasteiger charge is 2.35. The molecule has 9 rings (SSSR count). The minimum atomic E-state index is -0.112. The Labute approximate surface area is 293 Å². The zero-order valence-electron chi connectivity index (χ0n) is 28.1. The van der Waals surface area contributed by atoms with Crippen molar-refractivity contribution < 1.29 is 0 Å². The van der Waals surface area contributed by atoms with E-state index in [1.807, 2.05) is 12.1 Å². The molecule has 0 fully saturated rings. The lowest BCUT2D eigenvalue weighted by Gasteiger charge is -2.28. The predicted octanol–water partition coefficient (Wildman–Crippen LogP) is 12.4. The predicted molar refractivity (Wildman–Crippen MR) is 208 cm³/mol. The molecule has 0 bridgehead atoms. The Balaban J connectivity index is 1.20. The van der Waals surface area contributed by atoms with E-state index in [1.54, 1.807) is 0 Å². The van der Waals surface area contributed by atoms with Gasteiger partial charge in [-0.1, -0.05) is 147 Å². The van der Waals surface area contributed by atoms with Crippen LogP contribution < -0.4 is 4.90 Å². The van der Waals surface area contributed by atoms with Gasteiger partial charge in [0.1, 0.15) is 0 Å². The fraction of sp³-hybridized carbons (Fsp3) is 0.0638. The normalized spacial score (nSPS) is 12.8. The lowest BCUT2D eigenvalue weighted by Crippen LogP contribution is -2.16. The van der Waals surface area contributed by atoms with Gasteiger partial charge < -0.3 is 4.90 Å². The van der Waals surface area contributed by atoms with Crippen LogP contribution in [0.25, 0.3) is 55.8 Å². The van der Waals surface area contributed by atoms with Gasteiger partial charge in [0.05, 0.1) is 11.2 Å². The lowest BCUT2D eigenvalue weighted by molar-refractivity contribution is 0.660. The summed E-state index contributed by atoms with van der Waals surface area (Å²) >= 11 is 0. The number of nitrogens with zero attached hydrogens (tertiary/aromatic N) is 3. The second kappa shape index (κ2) is 12.0. The van der Waals surface area contributed by atoms with Crippen LogP contribution in [0.1, 0.15) is 25.0 Å². The second-order valence-corrected chi connectivity index (χ2v) is 13.5. The largest absolute Gasteiger partial charge is 0.310 e. The first kappa shape index (κ1) is 29.8. The van der Waals surface area contributed by atoms with Gasteiger partial charge >= 0.3 is 0 Å². The Morgan fingerprint density at radius 3 is 1.82 bits per heavy atom. The van der Waals surface area contributed by atoms with E-state index in [0.717, 1.165) is 44.8 Å². The molecule has 50 heavy (non-hydrogen) atoms. The van der Waals surface area contributed by atoms with Crippen molar-refractivity contribution in [3.63, 3.8) is 0 Å². The van der Waals surface area contributed by atoms with Gasteiger partial charge in [0.2, 0.25) is 0 Å². The third kappa shape index (κ3) is 5.07. The molecule has 0 N–H and O–H groups in total. The number of aromatic nitrogens is 2. The first-order chi connectivity index (χ1) is 24.5. The summed E-state index contributed by atoms with van der Waals surface area (Å²) in [7, 11) is 0. The second-order valence-electron chi connectivity index (χ2n) is 13.5. The van der Waals surface area contributed by atoms with Crippen LogP contribution in [-0.2, 0) is 5.41 Å². The number of fused-ring (bicyclic) bond motifs is 4. The maximum atomic E-state index is 5.19. The molecule has 0 unspecified atom stereocenters. The molecule has 3 nitrogen and oxygen atoms in total. The molecule has 0 saturated carbocycles. The van der Waals surface area contributed by atoms with Crippen molar-refractivity contribution >= 4 is 28.0 Å². The van der Waals surface area contributed by atoms with Crippen molar-refractivity contribution in [2.45, 2.75) is 19.3 Å². The molecule has 3 heteroatoms. The van der Waals surface area contributed by atoms with E-state index in [9.17, 15) is 0 Å². The summed E-state index contributed by atoms with van der Waals surface area (Å²) < 4.78 is 0. The highest BCUT2D eigenvalue weighted by molar-refractivity contribution is 5.94.